The van der Waals surface area contributed by atoms with E-state index in [1.54, 1.807) is 6.07 Å². The molecule has 1 fully saturated rings. The molecule has 2 rings (SSSR count). The molecule has 2 nitrogen and oxygen atoms in total. The van der Waals surface area contributed by atoms with Gasteiger partial charge in [-0.15, -0.1) is 0 Å². The van der Waals surface area contributed by atoms with Gasteiger partial charge in [-0.3, -0.25) is 4.90 Å². The van der Waals surface area contributed by atoms with Gasteiger partial charge in [0.05, 0.1) is 0 Å². The van der Waals surface area contributed by atoms with Crippen molar-refractivity contribution in [2.75, 3.05) is 13.1 Å². The summed E-state index contributed by atoms with van der Waals surface area (Å²) in [6.45, 7) is 9.59. The van der Waals surface area contributed by atoms with E-state index in [9.17, 15) is 4.39 Å². The average molecular weight is 343 g/mol. The Morgan fingerprint density at radius 1 is 1.40 bits per heavy atom. The van der Waals surface area contributed by atoms with Gasteiger partial charge < -0.3 is 5.32 Å². The van der Waals surface area contributed by atoms with E-state index in [1.807, 2.05) is 6.07 Å². The molecular weight excluding hydrogens is 319 g/mol. The van der Waals surface area contributed by atoms with Crippen LogP contribution in [-0.2, 0) is 6.54 Å². The minimum Gasteiger partial charge on any atom is -0.311 e. The largest absolute Gasteiger partial charge is 0.311 e. The van der Waals surface area contributed by atoms with Gasteiger partial charge in [-0.05, 0) is 43.0 Å². The standard InChI is InChI=1S/C16H24BrFN2/c1-11(2)4-16-8-19-12(3)9-20(16)10-13-5-14(17)7-15(18)6-13/h5-7,11-12,16,19H,4,8-10H2,1-3H3. The topological polar surface area (TPSA) is 15.3 Å². The molecule has 2 unspecified atom stereocenters. The summed E-state index contributed by atoms with van der Waals surface area (Å²) in [5, 5.41) is 3.55. The first-order valence-electron chi connectivity index (χ1n) is 7.36. The summed E-state index contributed by atoms with van der Waals surface area (Å²) in [4.78, 5) is 2.49. The highest BCUT2D eigenvalue weighted by Gasteiger charge is 2.26. The molecule has 0 bridgehead atoms. The van der Waals surface area contributed by atoms with Crippen molar-refractivity contribution >= 4 is 15.9 Å². The van der Waals surface area contributed by atoms with Crippen LogP contribution in [0.25, 0.3) is 0 Å². The van der Waals surface area contributed by atoms with Crippen molar-refractivity contribution in [2.45, 2.75) is 45.8 Å². The lowest BCUT2D eigenvalue weighted by molar-refractivity contribution is 0.111. The van der Waals surface area contributed by atoms with Crippen LogP contribution in [0.4, 0.5) is 4.39 Å². The van der Waals surface area contributed by atoms with Crippen LogP contribution in [0.2, 0.25) is 0 Å². The monoisotopic (exact) mass is 342 g/mol. The van der Waals surface area contributed by atoms with Crippen LogP contribution >= 0.6 is 15.9 Å². The van der Waals surface area contributed by atoms with Crippen molar-refractivity contribution in [3.63, 3.8) is 0 Å². The van der Waals surface area contributed by atoms with E-state index >= 15 is 0 Å². The Kier molecular flexibility index (Phi) is 5.58. The Balaban J connectivity index is 2.10. The molecule has 1 aliphatic rings. The van der Waals surface area contributed by atoms with Gasteiger partial charge in [0.15, 0.2) is 0 Å². The highest BCUT2D eigenvalue weighted by molar-refractivity contribution is 9.10. The molecule has 1 N–H and O–H groups in total. The highest BCUT2D eigenvalue weighted by Crippen LogP contribution is 2.21. The summed E-state index contributed by atoms with van der Waals surface area (Å²) < 4.78 is 14.3. The highest BCUT2D eigenvalue weighted by atomic mass is 79.9. The smallest absolute Gasteiger partial charge is 0.124 e. The Bertz CT molecular complexity index is 430. The second kappa shape index (κ2) is 7.01. The molecule has 1 aromatic rings. The summed E-state index contributed by atoms with van der Waals surface area (Å²) >= 11 is 3.37. The van der Waals surface area contributed by atoms with Crippen molar-refractivity contribution in [3.8, 4) is 0 Å². The predicted molar refractivity (Wildman–Crippen MR) is 85.2 cm³/mol. The van der Waals surface area contributed by atoms with Crippen LogP contribution in [-0.4, -0.2) is 30.1 Å². The predicted octanol–water partition coefficient (Wildman–Crippen LogP) is 3.80. The van der Waals surface area contributed by atoms with Crippen molar-refractivity contribution < 1.29 is 4.39 Å². The van der Waals surface area contributed by atoms with Crippen LogP contribution < -0.4 is 5.32 Å². The van der Waals surface area contributed by atoms with Gasteiger partial charge in [0.2, 0.25) is 0 Å². The zero-order valence-corrected chi connectivity index (χ0v) is 14.1. The fourth-order valence-electron chi connectivity index (χ4n) is 2.94. The minimum absolute atomic E-state index is 0.169. The fraction of sp³-hybridized carbons (Fsp3) is 0.625. The summed E-state index contributed by atoms with van der Waals surface area (Å²) in [5.74, 6) is 0.509. The third-order valence-corrected chi connectivity index (χ3v) is 4.24. The molecule has 0 amide bonds. The van der Waals surface area contributed by atoms with Crippen molar-refractivity contribution in [1.82, 2.24) is 10.2 Å². The van der Waals surface area contributed by atoms with Crippen molar-refractivity contribution in [2.24, 2.45) is 5.92 Å². The number of nitrogens with one attached hydrogen (secondary N) is 1. The molecule has 1 saturated heterocycles. The zero-order valence-electron chi connectivity index (χ0n) is 12.5. The number of benzene rings is 1. The number of hydrogen-bond donors (Lipinski definition) is 1. The van der Waals surface area contributed by atoms with E-state index in [-0.39, 0.29) is 5.82 Å². The Labute approximate surface area is 129 Å². The lowest BCUT2D eigenvalue weighted by Gasteiger charge is -2.40. The molecule has 0 saturated carbocycles. The lowest BCUT2D eigenvalue weighted by atomic mass is 9.98. The molecule has 20 heavy (non-hydrogen) atoms. The summed E-state index contributed by atoms with van der Waals surface area (Å²) in [7, 11) is 0. The van der Waals surface area contributed by atoms with Gasteiger partial charge >= 0.3 is 0 Å². The average Bonchev–Trinajstić information content (AvgIpc) is 2.31. The number of halogens is 2. The molecule has 1 aromatic carbocycles. The van der Waals surface area contributed by atoms with Crippen LogP contribution in [0, 0.1) is 11.7 Å². The molecule has 0 radical (unpaired) electrons. The molecule has 0 spiro atoms. The van der Waals surface area contributed by atoms with Gasteiger partial charge in [0.1, 0.15) is 5.82 Å². The van der Waals surface area contributed by atoms with Crippen molar-refractivity contribution in [3.05, 3.63) is 34.1 Å². The fourth-order valence-corrected chi connectivity index (χ4v) is 3.45. The first-order chi connectivity index (χ1) is 9.44. The Morgan fingerprint density at radius 2 is 2.15 bits per heavy atom. The summed E-state index contributed by atoms with van der Waals surface area (Å²) in [6.07, 6.45) is 1.18. The Hall–Kier alpha value is -0.450. The summed E-state index contributed by atoms with van der Waals surface area (Å²) in [6, 6.07) is 6.20. The number of nitrogens with zero attached hydrogens (tertiary/aromatic N) is 1. The van der Waals surface area contributed by atoms with E-state index in [0.717, 1.165) is 29.7 Å². The third kappa shape index (κ3) is 4.54. The molecule has 112 valence electrons. The zero-order chi connectivity index (χ0) is 14.7. The SMILES string of the molecule is CC(C)CC1CNC(C)CN1Cc1cc(F)cc(Br)c1. The molecule has 1 aliphatic heterocycles. The number of piperazine rings is 1. The normalized spacial score (nSPS) is 24.3. The molecule has 4 heteroatoms. The van der Waals surface area contributed by atoms with Crippen molar-refractivity contribution in [1.29, 1.82) is 0 Å². The van der Waals surface area contributed by atoms with Gasteiger partial charge in [-0.25, -0.2) is 4.39 Å². The van der Waals surface area contributed by atoms with Crippen LogP contribution in [0.1, 0.15) is 32.8 Å². The third-order valence-electron chi connectivity index (χ3n) is 3.78. The molecule has 0 aliphatic carbocycles. The number of hydrogen-bond acceptors (Lipinski definition) is 2. The summed E-state index contributed by atoms with van der Waals surface area (Å²) in [5.41, 5.74) is 1.04. The maximum absolute atomic E-state index is 13.5. The second-order valence-electron chi connectivity index (χ2n) is 6.30. The van der Waals surface area contributed by atoms with Gasteiger partial charge in [-0.2, -0.15) is 0 Å². The molecule has 2 atom stereocenters. The quantitative estimate of drug-likeness (QED) is 0.895. The molecule has 1 heterocycles. The van der Waals surface area contributed by atoms with Crippen LogP contribution in [0.15, 0.2) is 22.7 Å². The van der Waals surface area contributed by atoms with E-state index < -0.39 is 0 Å². The maximum Gasteiger partial charge on any atom is 0.124 e. The Morgan fingerprint density at radius 3 is 2.80 bits per heavy atom. The lowest BCUT2D eigenvalue weighted by Crippen LogP contribution is -2.55. The molecular formula is C16H24BrFN2. The van der Waals surface area contributed by atoms with Gasteiger partial charge in [0, 0.05) is 36.2 Å². The second-order valence-corrected chi connectivity index (χ2v) is 7.22. The maximum atomic E-state index is 13.5. The molecule has 0 aromatic heterocycles. The van der Waals surface area contributed by atoms with E-state index in [1.165, 1.54) is 12.5 Å². The van der Waals surface area contributed by atoms with Crippen LogP contribution in [0.5, 0.6) is 0 Å². The van der Waals surface area contributed by atoms with E-state index in [2.05, 4.69) is 46.9 Å². The van der Waals surface area contributed by atoms with E-state index in [0.29, 0.717) is 18.0 Å². The van der Waals surface area contributed by atoms with Crippen LogP contribution in [0.3, 0.4) is 0 Å². The minimum atomic E-state index is -0.169. The number of rotatable bonds is 4. The van der Waals surface area contributed by atoms with Gasteiger partial charge in [0.25, 0.3) is 0 Å². The first-order valence-corrected chi connectivity index (χ1v) is 8.15. The van der Waals surface area contributed by atoms with Gasteiger partial charge in [-0.1, -0.05) is 29.8 Å². The first kappa shape index (κ1) is 15.9. The van der Waals surface area contributed by atoms with E-state index in [4.69, 9.17) is 0 Å².